The van der Waals surface area contributed by atoms with Crippen molar-refractivity contribution in [3.8, 4) is 0 Å². The predicted octanol–water partition coefficient (Wildman–Crippen LogP) is 2.83. The first-order valence-corrected chi connectivity index (χ1v) is 6.24. The van der Waals surface area contributed by atoms with E-state index in [9.17, 15) is 0 Å². The van der Waals surface area contributed by atoms with E-state index in [2.05, 4.69) is 29.4 Å². The summed E-state index contributed by atoms with van der Waals surface area (Å²) in [6.45, 7) is 6.93. The minimum Gasteiger partial charge on any atom is -0.424 e. The van der Waals surface area contributed by atoms with E-state index in [0.717, 1.165) is 0 Å². The van der Waals surface area contributed by atoms with Crippen molar-refractivity contribution in [1.82, 2.24) is 15.5 Å². The quantitative estimate of drug-likeness (QED) is 0.691. The Bertz CT molecular complexity index is 286. The lowest BCUT2D eigenvalue weighted by molar-refractivity contribution is 0.413. The van der Waals surface area contributed by atoms with E-state index >= 15 is 0 Å². The lowest BCUT2D eigenvalue weighted by Crippen LogP contribution is -2.25. The van der Waals surface area contributed by atoms with Crippen LogP contribution in [-0.4, -0.2) is 16.2 Å². The van der Waals surface area contributed by atoms with Crippen LogP contribution >= 0.6 is 0 Å². The van der Waals surface area contributed by atoms with E-state index in [4.69, 9.17) is 4.42 Å². The monoisotopic (exact) mass is 225 g/mol. The van der Waals surface area contributed by atoms with Crippen LogP contribution in [0.15, 0.2) is 4.42 Å². The van der Waals surface area contributed by atoms with Crippen molar-refractivity contribution in [1.29, 1.82) is 0 Å². The van der Waals surface area contributed by atoms with Gasteiger partial charge in [-0.1, -0.05) is 32.6 Å². The van der Waals surface area contributed by atoms with Crippen molar-refractivity contribution in [2.75, 3.05) is 0 Å². The zero-order valence-electron chi connectivity index (χ0n) is 10.6. The first kappa shape index (κ1) is 13.2. The first-order chi connectivity index (χ1) is 7.72. The number of aryl methyl sites for hydroxylation is 1. The molecule has 0 saturated heterocycles. The highest BCUT2D eigenvalue weighted by Gasteiger charge is 2.05. The van der Waals surface area contributed by atoms with Crippen molar-refractivity contribution in [3.63, 3.8) is 0 Å². The molecule has 0 aromatic carbocycles. The second kappa shape index (κ2) is 7.39. The van der Waals surface area contributed by atoms with Gasteiger partial charge < -0.3 is 9.73 Å². The van der Waals surface area contributed by atoms with Gasteiger partial charge >= 0.3 is 0 Å². The molecule has 1 heterocycles. The lowest BCUT2D eigenvalue weighted by Gasteiger charge is -2.11. The maximum absolute atomic E-state index is 5.29. The topological polar surface area (TPSA) is 51.0 Å². The van der Waals surface area contributed by atoms with Crippen molar-refractivity contribution in [2.24, 2.45) is 0 Å². The van der Waals surface area contributed by atoms with Crippen LogP contribution in [0.2, 0.25) is 0 Å². The van der Waals surface area contributed by atoms with Crippen molar-refractivity contribution >= 4 is 0 Å². The Kier molecular flexibility index (Phi) is 6.08. The largest absolute Gasteiger partial charge is 0.424 e. The van der Waals surface area contributed by atoms with Crippen molar-refractivity contribution in [2.45, 2.75) is 65.5 Å². The zero-order chi connectivity index (χ0) is 11.8. The normalized spacial score (nSPS) is 12.9. The Balaban J connectivity index is 2.08. The molecule has 0 spiro atoms. The summed E-state index contributed by atoms with van der Waals surface area (Å²) < 4.78 is 5.29. The van der Waals surface area contributed by atoms with E-state index in [1.54, 1.807) is 0 Å². The van der Waals surface area contributed by atoms with E-state index in [1.165, 1.54) is 32.1 Å². The maximum atomic E-state index is 5.29. The Morgan fingerprint density at radius 2 is 2.06 bits per heavy atom. The Labute approximate surface area is 97.8 Å². The molecule has 4 heteroatoms. The van der Waals surface area contributed by atoms with Gasteiger partial charge in [0.1, 0.15) is 0 Å². The van der Waals surface area contributed by atoms with Crippen LogP contribution in [0.5, 0.6) is 0 Å². The van der Waals surface area contributed by atoms with Crippen molar-refractivity contribution in [3.05, 3.63) is 11.8 Å². The molecule has 1 rings (SSSR count). The second-order valence-corrected chi connectivity index (χ2v) is 4.35. The van der Waals surface area contributed by atoms with E-state index < -0.39 is 0 Å². The number of hydrogen-bond acceptors (Lipinski definition) is 4. The highest BCUT2D eigenvalue weighted by atomic mass is 16.4. The summed E-state index contributed by atoms with van der Waals surface area (Å²) in [5.74, 6) is 1.31. The first-order valence-electron chi connectivity index (χ1n) is 6.24. The SMILES string of the molecule is CCCCCCC(C)NCc1nnc(C)o1. The van der Waals surface area contributed by atoms with Gasteiger partial charge in [0.15, 0.2) is 0 Å². The number of aromatic nitrogens is 2. The molecule has 0 aliphatic rings. The van der Waals surface area contributed by atoms with Crippen LogP contribution in [0.3, 0.4) is 0 Å². The molecule has 0 saturated carbocycles. The Morgan fingerprint density at radius 1 is 1.25 bits per heavy atom. The molecular formula is C12H23N3O. The van der Waals surface area contributed by atoms with Gasteiger partial charge in [-0.2, -0.15) is 0 Å². The third kappa shape index (κ3) is 5.26. The van der Waals surface area contributed by atoms with E-state index in [1.807, 2.05) is 6.92 Å². The molecule has 0 aliphatic heterocycles. The van der Waals surface area contributed by atoms with Gasteiger partial charge in [0.05, 0.1) is 6.54 Å². The van der Waals surface area contributed by atoms with Crippen LogP contribution in [-0.2, 0) is 6.54 Å². The number of rotatable bonds is 8. The number of nitrogens with one attached hydrogen (secondary N) is 1. The molecule has 4 nitrogen and oxygen atoms in total. The molecule has 0 aliphatic carbocycles. The Hall–Kier alpha value is -0.900. The molecular weight excluding hydrogens is 202 g/mol. The lowest BCUT2D eigenvalue weighted by atomic mass is 10.1. The smallest absolute Gasteiger partial charge is 0.230 e. The van der Waals surface area contributed by atoms with Gasteiger partial charge in [-0.25, -0.2) is 0 Å². The highest BCUT2D eigenvalue weighted by molar-refractivity contribution is 4.78. The van der Waals surface area contributed by atoms with Gasteiger partial charge in [-0.3, -0.25) is 0 Å². The molecule has 0 bridgehead atoms. The highest BCUT2D eigenvalue weighted by Crippen LogP contribution is 2.06. The molecule has 16 heavy (non-hydrogen) atoms. The van der Waals surface area contributed by atoms with E-state index in [0.29, 0.717) is 24.4 Å². The summed E-state index contributed by atoms with van der Waals surface area (Å²) in [7, 11) is 0. The molecule has 1 atom stereocenters. The minimum absolute atomic E-state index is 0.518. The standard InChI is InChI=1S/C12H23N3O/c1-4-5-6-7-8-10(2)13-9-12-15-14-11(3)16-12/h10,13H,4-9H2,1-3H3. The molecule has 1 unspecified atom stereocenters. The number of unbranched alkanes of at least 4 members (excludes halogenated alkanes) is 3. The average Bonchev–Trinajstić information content (AvgIpc) is 2.68. The Morgan fingerprint density at radius 3 is 2.69 bits per heavy atom. The third-order valence-electron chi connectivity index (χ3n) is 2.66. The van der Waals surface area contributed by atoms with Crippen LogP contribution in [0.4, 0.5) is 0 Å². The fraction of sp³-hybridized carbons (Fsp3) is 0.833. The van der Waals surface area contributed by atoms with Crippen LogP contribution in [0.1, 0.15) is 57.7 Å². The number of nitrogens with zero attached hydrogens (tertiary/aromatic N) is 2. The fourth-order valence-corrected chi connectivity index (χ4v) is 1.65. The molecule has 1 aromatic rings. The fourth-order valence-electron chi connectivity index (χ4n) is 1.65. The zero-order valence-corrected chi connectivity index (χ0v) is 10.6. The van der Waals surface area contributed by atoms with Gasteiger partial charge in [0.2, 0.25) is 11.8 Å². The van der Waals surface area contributed by atoms with Gasteiger partial charge in [-0.15, -0.1) is 10.2 Å². The molecule has 0 radical (unpaired) electrons. The van der Waals surface area contributed by atoms with Gasteiger partial charge in [0.25, 0.3) is 0 Å². The van der Waals surface area contributed by atoms with E-state index in [-0.39, 0.29) is 0 Å². The molecule has 0 amide bonds. The van der Waals surface area contributed by atoms with Crippen molar-refractivity contribution < 1.29 is 4.42 Å². The maximum Gasteiger partial charge on any atom is 0.230 e. The number of hydrogen-bond donors (Lipinski definition) is 1. The summed E-state index contributed by atoms with van der Waals surface area (Å²) >= 11 is 0. The summed E-state index contributed by atoms with van der Waals surface area (Å²) in [5.41, 5.74) is 0. The second-order valence-electron chi connectivity index (χ2n) is 4.35. The summed E-state index contributed by atoms with van der Waals surface area (Å²) in [5, 5.41) is 11.1. The predicted molar refractivity (Wildman–Crippen MR) is 64.1 cm³/mol. The van der Waals surface area contributed by atoms with Crippen LogP contribution in [0, 0.1) is 6.92 Å². The van der Waals surface area contributed by atoms with Crippen LogP contribution in [0.25, 0.3) is 0 Å². The molecule has 1 aromatic heterocycles. The third-order valence-corrected chi connectivity index (χ3v) is 2.66. The molecule has 92 valence electrons. The minimum atomic E-state index is 0.518. The average molecular weight is 225 g/mol. The molecule has 1 N–H and O–H groups in total. The van der Waals surface area contributed by atoms with Gasteiger partial charge in [0, 0.05) is 13.0 Å². The summed E-state index contributed by atoms with van der Waals surface area (Å²) in [4.78, 5) is 0. The summed E-state index contributed by atoms with van der Waals surface area (Å²) in [6.07, 6.45) is 6.48. The van der Waals surface area contributed by atoms with Crippen LogP contribution < -0.4 is 5.32 Å². The molecule has 0 fully saturated rings. The van der Waals surface area contributed by atoms with Gasteiger partial charge in [-0.05, 0) is 13.3 Å². The summed E-state index contributed by atoms with van der Waals surface area (Å²) in [6, 6.07) is 0.518.